The average Bonchev–Trinajstić information content (AvgIpc) is 2.56. The molecule has 1 atom stereocenters. The number of nitrogens with zero attached hydrogens (tertiary/aromatic N) is 1. The van der Waals surface area contributed by atoms with Crippen LogP contribution >= 0.6 is 0 Å². The second-order valence-corrected chi connectivity index (χ2v) is 6.03. The summed E-state index contributed by atoms with van der Waals surface area (Å²) in [5, 5.41) is 0. The predicted octanol–water partition coefficient (Wildman–Crippen LogP) is 2.86. The van der Waals surface area contributed by atoms with Gasteiger partial charge in [0.05, 0.1) is 12.2 Å². The maximum absolute atomic E-state index is 12.9. The first kappa shape index (κ1) is 15.9. The summed E-state index contributed by atoms with van der Waals surface area (Å²) in [5.74, 6) is 3.04. The number of fused-ring (bicyclic) bond motifs is 1. The zero-order chi connectivity index (χ0) is 17.3. The summed E-state index contributed by atoms with van der Waals surface area (Å²) in [6.07, 6.45) is 5.37. The molecule has 0 radical (unpaired) electrons. The van der Waals surface area contributed by atoms with Crippen LogP contribution in [-0.4, -0.2) is 18.6 Å². The minimum atomic E-state index is -0.588. The van der Waals surface area contributed by atoms with Gasteiger partial charge in [0, 0.05) is 12.1 Å². The Hall–Kier alpha value is -2.93. The second kappa shape index (κ2) is 6.29. The number of rotatable bonds is 3. The van der Waals surface area contributed by atoms with Crippen molar-refractivity contribution in [2.45, 2.75) is 26.4 Å². The number of hydrogen-bond donors (Lipinski definition) is 1. The van der Waals surface area contributed by atoms with Gasteiger partial charge in [0.25, 0.3) is 5.91 Å². The van der Waals surface area contributed by atoms with Crippen LogP contribution in [0.2, 0.25) is 0 Å². The number of aryl methyl sites for hydroxylation is 1. The smallest absolute Gasteiger partial charge is 0.269 e. The van der Waals surface area contributed by atoms with Gasteiger partial charge in [-0.3, -0.25) is 9.69 Å². The van der Waals surface area contributed by atoms with Crippen LogP contribution in [0.25, 0.3) is 0 Å². The molecule has 0 saturated heterocycles. The van der Waals surface area contributed by atoms with E-state index in [1.807, 2.05) is 12.1 Å². The van der Waals surface area contributed by atoms with Crippen LogP contribution in [0.3, 0.4) is 0 Å². The summed E-state index contributed by atoms with van der Waals surface area (Å²) >= 11 is 0. The molecule has 24 heavy (non-hydrogen) atoms. The van der Waals surface area contributed by atoms with Crippen molar-refractivity contribution in [3.05, 3.63) is 53.1 Å². The molecule has 122 valence electrons. The van der Waals surface area contributed by atoms with Crippen LogP contribution in [0.5, 0.6) is 5.75 Å². The first-order valence-corrected chi connectivity index (χ1v) is 7.87. The fraction of sp³-hybridized carbons (Fsp3) is 0.250. The minimum absolute atomic E-state index is 0.132. The van der Waals surface area contributed by atoms with Crippen molar-refractivity contribution >= 4 is 17.3 Å². The van der Waals surface area contributed by atoms with Crippen molar-refractivity contribution in [2.75, 3.05) is 17.2 Å². The van der Waals surface area contributed by atoms with Gasteiger partial charge < -0.3 is 10.5 Å². The lowest BCUT2D eigenvalue weighted by molar-refractivity contribution is -0.126. The van der Waals surface area contributed by atoms with Crippen molar-refractivity contribution in [1.29, 1.82) is 0 Å². The van der Waals surface area contributed by atoms with Crippen LogP contribution < -0.4 is 15.4 Å². The van der Waals surface area contributed by atoms with Gasteiger partial charge in [0.15, 0.2) is 6.10 Å². The van der Waals surface area contributed by atoms with Gasteiger partial charge in [-0.25, -0.2) is 0 Å². The highest BCUT2D eigenvalue weighted by Crippen LogP contribution is 2.36. The van der Waals surface area contributed by atoms with Crippen LogP contribution in [-0.2, 0) is 11.2 Å². The van der Waals surface area contributed by atoms with E-state index < -0.39 is 6.10 Å². The third-order valence-electron chi connectivity index (χ3n) is 4.46. The van der Waals surface area contributed by atoms with E-state index >= 15 is 0 Å². The Morgan fingerprint density at radius 1 is 1.29 bits per heavy atom. The Balaban J connectivity index is 1.96. The first-order valence-electron chi connectivity index (χ1n) is 7.87. The fourth-order valence-corrected chi connectivity index (χ4v) is 2.96. The largest absolute Gasteiger partial charge is 0.478 e. The Labute approximate surface area is 142 Å². The highest BCUT2D eigenvalue weighted by molar-refractivity contribution is 6.01. The van der Waals surface area contributed by atoms with Gasteiger partial charge in [-0.15, -0.1) is 6.42 Å². The molecule has 4 heteroatoms. The molecule has 2 N–H and O–H groups in total. The molecular formula is C20H20N2O2. The Bertz CT molecular complexity index is 836. The SMILES string of the molecule is C#CCN1C(=O)C(Cc2cccc(C)c2C)Oc2ccc(N)cc21. The van der Waals surface area contributed by atoms with Crippen LogP contribution in [0.15, 0.2) is 36.4 Å². The second-order valence-electron chi connectivity index (χ2n) is 6.03. The van der Waals surface area contributed by atoms with Crippen molar-refractivity contribution in [3.8, 4) is 18.1 Å². The number of carbonyl (C=O) groups is 1. The molecule has 0 aliphatic carbocycles. The van der Waals surface area contributed by atoms with Crippen LogP contribution in [0.1, 0.15) is 16.7 Å². The predicted molar refractivity (Wildman–Crippen MR) is 96.1 cm³/mol. The standard InChI is InChI=1S/C20H20N2O2/c1-4-10-22-17-12-16(21)8-9-18(17)24-19(20(22)23)11-15-7-5-6-13(2)14(15)3/h1,5-9,12,19H,10-11,21H2,2-3H3. The Kier molecular flexibility index (Phi) is 4.18. The molecular weight excluding hydrogens is 300 g/mol. The number of hydrogen-bond acceptors (Lipinski definition) is 3. The van der Waals surface area contributed by atoms with Gasteiger partial charge >= 0.3 is 0 Å². The van der Waals surface area contributed by atoms with E-state index in [1.54, 1.807) is 23.1 Å². The molecule has 0 aromatic heterocycles. The molecule has 1 heterocycles. The van der Waals surface area contributed by atoms with E-state index in [4.69, 9.17) is 16.9 Å². The van der Waals surface area contributed by atoms with Crippen molar-refractivity contribution in [2.24, 2.45) is 0 Å². The van der Waals surface area contributed by atoms with Crippen molar-refractivity contribution in [3.63, 3.8) is 0 Å². The zero-order valence-electron chi connectivity index (χ0n) is 13.9. The summed E-state index contributed by atoms with van der Waals surface area (Å²) in [6, 6.07) is 11.4. The van der Waals surface area contributed by atoms with E-state index in [0.717, 1.165) is 5.56 Å². The molecule has 1 unspecified atom stereocenters. The number of terminal acetylenes is 1. The van der Waals surface area contributed by atoms with E-state index in [1.165, 1.54) is 11.1 Å². The number of nitrogens with two attached hydrogens (primary N) is 1. The molecule has 2 aromatic rings. The Morgan fingerprint density at radius 3 is 2.83 bits per heavy atom. The van der Waals surface area contributed by atoms with Crippen molar-refractivity contribution < 1.29 is 9.53 Å². The van der Waals surface area contributed by atoms with Gasteiger partial charge in [0.2, 0.25) is 0 Å². The molecule has 1 aliphatic rings. The fourth-order valence-electron chi connectivity index (χ4n) is 2.96. The van der Waals surface area contributed by atoms with Crippen LogP contribution in [0, 0.1) is 26.2 Å². The van der Waals surface area contributed by atoms with Gasteiger partial charge in [-0.1, -0.05) is 24.1 Å². The zero-order valence-corrected chi connectivity index (χ0v) is 13.9. The van der Waals surface area contributed by atoms with E-state index in [-0.39, 0.29) is 12.5 Å². The summed E-state index contributed by atoms with van der Waals surface area (Å²) in [7, 11) is 0. The molecule has 0 spiro atoms. The molecule has 0 saturated carbocycles. The minimum Gasteiger partial charge on any atom is -0.478 e. The van der Waals surface area contributed by atoms with E-state index in [0.29, 0.717) is 23.5 Å². The third kappa shape index (κ3) is 2.81. The maximum atomic E-state index is 12.9. The number of anilines is 2. The number of nitrogen functional groups attached to an aromatic ring is 1. The number of ether oxygens (including phenoxy) is 1. The average molecular weight is 320 g/mol. The monoisotopic (exact) mass is 320 g/mol. The first-order chi connectivity index (χ1) is 11.5. The van der Waals surface area contributed by atoms with E-state index in [9.17, 15) is 4.79 Å². The topological polar surface area (TPSA) is 55.6 Å². The lowest BCUT2D eigenvalue weighted by Crippen LogP contribution is -2.47. The number of carbonyl (C=O) groups excluding carboxylic acids is 1. The molecule has 1 amide bonds. The number of benzene rings is 2. The summed E-state index contributed by atoms with van der Waals surface area (Å²) in [4.78, 5) is 14.4. The molecule has 0 bridgehead atoms. The van der Waals surface area contributed by atoms with Gasteiger partial charge in [-0.05, 0) is 48.7 Å². The lowest BCUT2D eigenvalue weighted by atomic mass is 9.97. The van der Waals surface area contributed by atoms with E-state index in [2.05, 4.69) is 25.8 Å². The normalized spacial score (nSPS) is 16.3. The lowest BCUT2D eigenvalue weighted by Gasteiger charge is -2.33. The highest BCUT2D eigenvalue weighted by Gasteiger charge is 2.34. The summed E-state index contributed by atoms with van der Waals surface area (Å²) in [6.45, 7) is 4.32. The quantitative estimate of drug-likeness (QED) is 0.699. The maximum Gasteiger partial charge on any atom is 0.269 e. The van der Waals surface area contributed by atoms with Crippen LogP contribution in [0.4, 0.5) is 11.4 Å². The summed E-state index contributed by atoms with van der Waals surface area (Å²) in [5.41, 5.74) is 10.5. The van der Waals surface area contributed by atoms with Gasteiger partial charge in [0.1, 0.15) is 5.75 Å². The molecule has 1 aliphatic heterocycles. The van der Waals surface area contributed by atoms with Gasteiger partial charge in [-0.2, -0.15) is 0 Å². The molecule has 4 nitrogen and oxygen atoms in total. The molecule has 0 fully saturated rings. The molecule has 2 aromatic carbocycles. The highest BCUT2D eigenvalue weighted by atomic mass is 16.5. The number of amides is 1. The summed E-state index contributed by atoms with van der Waals surface area (Å²) < 4.78 is 5.96. The molecule has 3 rings (SSSR count). The Morgan fingerprint density at radius 2 is 2.08 bits per heavy atom. The van der Waals surface area contributed by atoms with Crippen molar-refractivity contribution in [1.82, 2.24) is 0 Å². The third-order valence-corrected chi connectivity index (χ3v) is 4.46.